The summed E-state index contributed by atoms with van der Waals surface area (Å²) in [4.78, 5) is 27.2. The number of fused-ring (bicyclic) bond motifs is 2. The number of carbonyl (C=O) groups excluding carboxylic acids is 2. The van der Waals surface area contributed by atoms with Gasteiger partial charge >= 0.3 is 6.18 Å². The van der Waals surface area contributed by atoms with E-state index in [2.05, 4.69) is 10.6 Å². The normalized spacial score (nSPS) is 22.7. The van der Waals surface area contributed by atoms with E-state index >= 15 is 0 Å². The van der Waals surface area contributed by atoms with Crippen molar-refractivity contribution in [3.05, 3.63) is 92.7 Å². The second kappa shape index (κ2) is 9.47. The summed E-state index contributed by atoms with van der Waals surface area (Å²) in [5.74, 6) is -2.80. The molecule has 38 heavy (non-hydrogen) atoms. The average Bonchev–Trinajstić information content (AvgIpc) is 3.11. The maximum absolute atomic E-state index is 14.5. The van der Waals surface area contributed by atoms with Gasteiger partial charge in [0.05, 0.1) is 6.04 Å². The SMILES string of the molecule is Cc1ccc(F)cc1[C@@H]1NC(=O)C[C@H](c2cc(Cl)ccc2OCC(F)(F)F)[C@@]12C(=O)Nc1cc(Cl)ccc12. The number of nitrogens with one attached hydrogen (secondary N) is 2. The smallest absolute Gasteiger partial charge is 0.422 e. The molecule has 5 nitrogen and oxygen atoms in total. The lowest BCUT2D eigenvalue weighted by molar-refractivity contribution is -0.153. The van der Waals surface area contributed by atoms with Crippen LogP contribution in [0.3, 0.4) is 0 Å². The summed E-state index contributed by atoms with van der Waals surface area (Å²) in [5.41, 5.74) is 0.323. The molecule has 1 saturated heterocycles. The number of ether oxygens (including phenoxy) is 1. The molecule has 2 amide bonds. The zero-order chi connectivity index (χ0) is 27.4. The zero-order valence-corrected chi connectivity index (χ0v) is 21.3. The molecular weight excluding hydrogens is 547 g/mol. The number of hydrogen-bond acceptors (Lipinski definition) is 3. The maximum Gasteiger partial charge on any atom is 0.422 e. The van der Waals surface area contributed by atoms with E-state index in [1.807, 2.05) is 0 Å². The summed E-state index contributed by atoms with van der Waals surface area (Å²) < 4.78 is 58.9. The third kappa shape index (κ3) is 4.47. The molecule has 0 saturated carbocycles. The van der Waals surface area contributed by atoms with Crippen molar-refractivity contribution in [1.29, 1.82) is 0 Å². The molecule has 2 heterocycles. The minimum Gasteiger partial charge on any atom is -0.484 e. The van der Waals surface area contributed by atoms with E-state index < -0.39 is 47.8 Å². The highest BCUT2D eigenvalue weighted by Crippen LogP contribution is 2.59. The highest BCUT2D eigenvalue weighted by molar-refractivity contribution is 6.31. The van der Waals surface area contributed by atoms with Crippen LogP contribution in [0.1, 0.15) is 40.6 Å². The lowest BCUT2D eigenvalue weighted by Crippen LogP contribution is -2.57. The Bertz CT molecular complexity index is 1460. The number of piperidine rings is 1. The van der Waals surface area contributed by atoms with Crippen molar-refractivity contribution in [2.75, 3.05) is 11.9 Å². The summed E-state index contributed by atoms with van der Waals surface area (Å²) in [6, 6.07) is 11.7. The second-order valence-electron chi connectivity index (χ2n) is 9.36. The van der Waals surface area contributed by atoms with Crippen molar-refractivity contribution < 1.29 is 31.9 Å². The third-order valence-corrected chi connectivity index (χ3v) is 7.51. The number of rotatable bonds is 4. The number of anilines is 1. The van der Waals surface area contributed by atoms with Gasteiger partial charge in [-0.2, -0.15) is 13.2 Å². The van der Waals surface area contributed by atoms with Crippen LogP contribution in [0.25, 0.3) is 0 Å². The van der Waals surface area contributed by atoms with Crippen molar-refractivity contribution >= 4 is 40.7 Å². The topological polar surface area (TPSA) is 67.4 Å². The van der Waals surface area contributed by atoms with Crippen LogP contribution in [-0.4, -0.2) is 24.6 Å². The van der Waals surface area contributed by atoms with Crippen molar-refractivity contribution in [3.63, 3.8) is 0 Å². The van der Waals surface area contributed by atoms with Gasteiger partial charge in [0.25, 0.3) is 0 Å². The molecule has 5 rings (SSSR count). The number of alkyl halides is 3. The van der Waals surface area contributed by atoms with Gasteiger partial charge in [-0.25, -0.2) is 4.39 Å². The molecule has 0 radical (unpaired) electrons. The Morgan fingerprint density at radius 3 is 2.45 bits per heavy atom. The number of benzene rings is 3. The van der Waals surface area contributed by atoms with E-state index in [9.17, 15) is 27.2 Å². The Balaban J connectivity index is 1.80. The maximum atomic E-state index is 14.5. The first kappa shape index (κ1) is 26.3. The molecule has 3 aromatic rings. The van der Waals surface area contributed by atoms with E-state index in [0.29, 0.717) is 27.4 Å². The lowest BCUT2D eigenvalue weighted by Gasteiger charge is -2.47. The fourth-order valence-electron chi connectivity index (χ4n) is 5.53. The highest BCUT2D eigenvalue weighted by Gasteiger charge is 2.62. The van der Waals surface area contributed by atoms with Crippen LogP contribution >= 0.6 is 23.2 Å². The first-order valence-corrected chi connectivity index (χ1v) is 12.3. The Hall–Kier alpha value is -3.30. The van der Waals surface area contributed by atoms with Crippen LogP contribution < -0.4 is 15.4 Å². The fraction of sp³-hybridized carbons (Fsp3) is 0.259. The second-order valence-corrected chi connectivity index (χ2v) is 10.2. The summed E-state index contributed by atoms with van der Waals surface area (Å²) >= 11 is 12.5. The summed E-state index contributed by atoms with van der Waals surface area (Å²) in [6.45, 7) is 0.128. The van der Waals surface area contributed by atoms with Gasteiger partial charge in [-0.15, -0.1) is 0 Å². The molecule has 0 aromatic heterocycles. The molecule has 3 atom stereocenters. The minimum absolute atomic E-state index is 0.147. The Morgan fingerprint density at radius 2 is 1.71 bits per heavy atom. The van der Waals surface area contributed by atoms with Crippen LogP contribution in [0.4, 0.5) is 23.2 Å². The average molecular weight is 567 g/mol. The first-order chi connectivity index (χ1) is 17.9. The van der Waals surface area contributed by atoms with E-state index in [0.717, 1.165) is 0 Å². The van der Waals surface area contributed by atoms with Gasteiger partial charge in [-0.05, 0) is 66.1 Å². The standard InChI is InChI=1S/C27H20Cl2F4N2O3/c1-13-2-5-16(30)10-17(13)24-27(19-6-3-15(29)9-21(19)34-25(27)37)20(11-23(36)35-24)18-8-14(28)4-7-22(18)38-12-26(31,32)33/h2-10,20,24H,11-12H2,1H3,(H,34,37)(H,35,36)/t20-,24+,27-/m1/s1. The first-order valence-electron chi connectivity index (χ1n) is 11.6. The molecule has 2 N–H and O–H groups in total. The van der Waals surface area contributed by atoms with Gasteiger partial charge < -0.3 is 15.4 Å². The van der Waals surface area contributed by atoms with E-state index in [1.54, 1.807) is 25.1 Å². The molecular formula is C27H20Cl2F4N2O3. The van der Waals surface area contributed by atoms with E-state index in [1.165, 1.54) is 36.4 Å². The van der Waals surface area contributed by atoms with Crippen molar-refractivity contribution in [3.8, 4) is 5.75 Å². The number of aryl methyl sites for hydroxylation is 1. The number of amides is 2. The largest absolute Gasteiger partial charge is 0.484 e. The summed E-state index contributed by atoms with van der Waals surface area (Å²) in [5, 5.41) is 6.19. The quantitative estimate of drug-likeness (QED) is 0.349. The molecule has 0 unspecified atom stereocenters. The van der Waals surface area contributed by atoms with Gasteiger partial charge in [0.1, 0.15) is 17.0 Å². The Morgan fingerprint density at radius 1 is 1.00 bits per heavy atom. The lowest BCUT2D eigenvalue weighted by atomic mass is 9.59. The number of hydrogen-bond donors (Lipinski definition) is 2. The number of halogens is 6. The molecule has 1 spiro atoms. The number of carbonyl (C=O) groups is 2. The predicted molar refractivity (Wildman–Crippen MR) is 134 cm³/mol. The van der Waals surface area contributed by atoms with Crippen LogP contribution in [0.5, 0.6) is 5.75 Å². The Kier molecular flexibility index (Phi) is 6.55. The highest BCUT2D eigenvalue weighted by atomic mass is 35.5. The van der Waals surface area contributed by atoms with Crippen LogP contribution in [0.15, 0.2) is 54.6 Å². The van der Waals surface area contributed by atoms with E-state index in [-0.39, 0.29) is 22.8 Å². The summed E-state index contributed by atoms with van der Waals surface area (Å²) in [6.07, 6.45) is -4.91. The van der Waals surface area contributed by atoms with Gasteiger partial charge in [-0.3, -0.25) is 9.59 Å². The molecule has 1 fully saturated rings. The zero-order valence-electron chi connectivity index (χ0n) is 19.8. The van der Waals surface area contributed by atoms with Gasteiger partial charge in [0, 0.05) is 33.6 Å². The van der Waals surface area contributed by atoms with Crippen molar-refractivity contribution in [2.24, 2.45) is 0 Å². The molecule has 11 heteroatoms. The van der Waals surface area contributed by atoms with Crippen LogP contribution in [0.2, 0.25) is 10.0 Å². The van der Waals surface area contributed by atoms with Gasteiger partial charge in [0.15, 0.2) is 6.61 Å². The molecule has 198 valence electrons. The van der Waals surface area contributed by atoms with Crippen LogP contribution in [-0.2, 0) is 15.0 Å². The van der Waals surface area contributed by atoms with Crippen molar-refractivity contribution in [1.82, 2.24) is 5.32 Å². The Labute approximate surface area is 225 Å². The molecule has 3 aromatic carbocycles. The van der Waals surface area contributed by atoms with Crippen LogP contribution in [0, 0.1) is 12.7 Å². The summed E-state index contributed by atoms with van der Waals surface area (Å²) in [7, 11) is 0. The molecule has 2 aliphatic heterocycles. The van der Waals surface area contributed by atoms with Gasteiger partial charge in [-0.1, -0.05) is 35.3 Å². The molecule has 2 aliphatic rings. The molecule has 0 bridgehead atoms. The third-order valence-electron chi connectivity index (χ3n) is 7.04. The predicted octanol–water partition coefficient (Wildman–Crippen LogP) is 6.62. The molecule has 0 aliphatic carbocycles. The monoisotopic (exact) mass is 566 g/mol. The minimum atomic E-state index is -4.63. The van der Waals surface area contributed by atoms with Crippen molar-refractivity contribution in [2.45, 2.75) is 36.9 Å². The fourth-order valence-corrected chi connectivity index (χ4v) is 5.88. The van der Waals surface area contributed by atoms with Gasteiger partial charge in [0.2, 0.25) is 11.8 Å². The van der Waals surface area contributed by atoms with E-state index in [4.69, 9.17) is 27.9 Å².